The standard InChI is InChI=1S/C9H11NO2S/c11-9(12)8-2-1-7(10-8)6-3-4-13-5-6/h3-5,7-8,10H,1-2H2,(H,11,12). The number of nitrogens with one attached hydrogen (secondary N) is 1. The van der Waals surface area contributed by atoms with Gasteiger partial charge < -0.3 is 5.11 Å². The first-order valence-electron chi connectivity index (χ1n) is 4.28. The summed E-state index contributed by atoms with van der Waals surface area (Å²) in [5, 5.41) is 16.0. The highest BCUT2D eigenvalue weighted by atomic mass is 32.1. The van der Waals surface area contributed by atoms with E-state index in [1.165, 1.54) is 5.56 Å². The van der Waals surface area contributed by atoms with Crippen LogP contribution in [0.5, 0.6) is 0 Å². The van der Waals surface area contributed by atoms with Crippen LogP contribution in [0, 0.1) is 0 Å². The molecule has 1 aliphatic heterocycles. The first kappa shape index (κ1) is 8.72. The van der Waals surface area contributed by atoms with Gasteiger partial charge in [-0.1, -0.05) is 0 Å². The number of carboxylic acid groups (broad SMARTS) is 1. The predicted octanol–water partition coefficient (Wildman–Crippen LogP) is 1.63. The fraction of sp³-hybridized carbons (Fsp3) is 0.444. The maximum Gasteiger partial charge on any atom is 0.320 e. The van der Waals surface area contributed by atoms with Crippen LogP contribution >= 0.6 is 11.3 Å². The van der Waals surface area contributed by atoms with Crippen molar-refractivity contribution < 1.29 is 9.90 Å². The topological polar surface area (TPSA) is 49.3 Å². The van der Waals surface area contributed by atoms with Gasteiger partial charge in [-0.15, -0.1) is 0 Å². The normalized spacial score (nSPS) is 27.7. The molecule has 0 saturated carbocycles. The number of rotatable bonds is 2. The maximum atomic E-state index is 10.7. The molecule has 2 unspecified atom stereocenters. The number of aliphatic carboxylic acids is 1. The van der Waals surface area contributed by atoms with Crippen molar-refractivity contribution in [2.45, 2.75) is 24.9 Å². The molecule has 0 bridgehead atoms. The van der Waals surface area contributed by atoms with Crippen LogP contribution in [-0.4, -0.2) is 17.1 Å². The molecule has 2 rings (SSSR count). The Morgan fingerprint density at radius 2 is 2.46 bits per heavy atom. The fourth-order valence-corrected chi connectivity index (χ4v) is 2.39. The number of carboxylic acids is 1. The summed E-state index contributed by atoms with van der Waals surface area (Å²) in [6.45, 7) is 0. The minimum Gasteiger partial charge on any atom is -0.480 e. The molecular formula is C9H11NO2S. The zero-order valence-electron chi connectivity index (χ0n) is 7.06. The van der Waals surface area contributed by atoms with Crippen molar-refractivity contribution in [2.24, 2.45) is 0 Å². The molecule has 4 heteroatoms. The van der Waals surface area contributed by atoms with Gasteiger partial charge in [-0.25, -0.2) is 0 Å². The van der Waals surface area contributed by atoms with E-state index >= 15 is 0 Å². The molecule has 0 radical (unpaired) electrons. The van der Waals surface area contributed by atoms with Gasteiger partial charge >= 0.3 is 5.97 Å². The van der Waals surface area contributed by atoms with Crippen LogP contribution in [0.15, 0.2) is 16.8 Å². The van der Waals surface area contributed by atoms with Crippen molar-refractivity contribution >= 4 is 17.3 Å². The van der Waals surface area contributed by atoms with E-state index in [1.54, 1.807) is 11.3 Å². The van der Waals surface area contributed by atoms with E-state index in [-0.39, 0.29) is 12.1 Å². The molecule has 0 aliphatic carbocycles. The minimum atomic E-state index is -0.738. The van der Waals surface area contributed by atoms with E-state index in [9.17, 15) is 4.79 Å². The second-order valence-corrected chi connectivity index (χ2v) is 4.02. The van der Waals surface area contributed by atoms with Gasteiger partial charge in [0, 0.05) is 6.04 Å². The van der Waals surface area contributed by atoms with Gasteiger partial charge in [-0.2, -0.15) is 11.3 Å². The van der Waals surface area contributed by atoms with Gasteiger partial charge in [0.15, 0.2) is 0 Å². The molecule has 0 spiro atoms. The molecule has 0 amide bonds. The molecule has 1 aliphatic rings. The third-order valence-electron chi connectivity index (χ3n) is 2.39. The third-order valence-corrected chi connectivity index (χ3v) is 3.09. The van der Waals surface area contributed by atoms with Crippen molar-refractivity contribution in [3.05, 3.63) is 22.4 Å². The second-order valence-electron chi connectivity index (χ2n) is 3.24. The zero-order chi connectivity index (χ0) is 9.26. The monoisotopic (exact) mass is 197 g/mol. The Morgan fingerprint density at radius 1 is 1.62 bits per heavy atom. The molecule has 3 nitrogen and oxygen atoms in total. The Bertz CT molecular complexity index is 297. The number of hydrogen-bond acceptors (Lipinski definition) is 3. The lowest BCUT2D eigenvalue weighted by Crippen LogP contribution is -2.31. The van der Waals surface area contributed by atoms with E-state index < -0.39 is 5.97 Å². The van der Waals surface area contributed by atoms with Crippen LogP contribution in [0.1, 0.15) is 24.4 Å². The van der Waals surface area contributed by atoms with Crippen LogP contribution in [-0.2, 0) is 4.79 Å². The van der Waals surface area contributed by atoms with Crippen molar-refractivity contribution in [3.8, 4) is 0 Å². The number of carbonyl (C=O) groups is 1. The Hall–Kier alpha value is -0.870. The molecule has 1 aromatic rings. The highest BCUT2D eigenvalue weighted by Gasteiger charge is 2.29. The minimum absolute atomic E-state index is 0.243. The van der Waals surface area contributed by atoms with E-state index in [0.29, 0.717) is 0 Å². The zero-order valence-corrected chi connectivity index (χ0v) is 7.88. The molecule has 2 N–H and O–H groups in total. The number of thiophene rings is 1. The summed E-state index contributed by atoms with van der Waals surface area (Å²) in [6, 6.07) is 1.93. The highest BCUT2D eigenvalue weighted by Crippen LogP contribution is 2.27. The van der Waals surface area contributed by atoms with E-state index in [4.69, 9.17) is 5.11 Å². The smallest absolute Gasteiger partial charge is 0.320 e. The summed E-state index contributed by atoms with van der Waals surface area (Å²) >= 11 is 1.65. The van der Waals surface area contributed by atoms with Gasteiger partial charge in [0.2, 0.25) is 0 Å². The molecule has 0 aromatic carbocycles. The Balaban J connectivity index is 2.03. The van der Waals surface area contributed by atoms with Gasteiger partial charge in [-0.05, 0) is 35.2 Å². The van der Waals surface area contributed by atoms with Crippen LogP contribution in [0.2, 0.25) is 0 Å². The SMILES string of the molecule is O=C(O)C1CCC(c2ccsc2)N1. The molecule has 2 heterocycles. The van der Waals surface area contributed by atoms with Gasteiger partial charge in [-0.3, -0.25) is 10.1 Å². The third kappa shape index (κ3) is 1.73. The lowest BCUT2D eigenvalue weighted by atomic mass is 10.1. The average molecular weight is 197 g/mol. The first-order chi connectivity index (χ1) is 6.27. The molecule has 1 aromatic heterocycles. The lowest BCUT2D eigenvalue weighted by molar-refractivity contribution is -0.139. The van der Waals surface area contributed by atoms with Crippen LogP contribution in [0.4, 0.5) is 0 Å². The van der Waals surface area contributed by atoms with Gasteiger partial charge in [0.05, 0.1) is 0 Å². The summed E-state index contributed by atoms with van der Waals surface area (Å²) in [5.41, 5.74) is 1.22. The van der Waals surface area contributed by atoms with E-state index in [1.807, 2.05) is 11.4 Å². The highest BCUT2D eigenvalue weighted by molar-refractivity contribution is 7.07. The quantitative estimate of drug-likeness (QED) is 0.757. The fourth-order valence-electron chi connectivity index (χ4n) is 1.67. The summed E-state index contributed by atoms with van der Waals surface area (Å²) in [5.74, 6) is -0.738. The van der Waals surface area contributed by atoms with Crippen LogP contribution in [0.3, 0.4) is 0 Å². The van der Waals surface area contributed by atoms with Crippen LogP contribution < -0.4 is 5.32 Å². The molecule has 1 saturated heterocycles. The summed E-state index contributed by atoms with van der Waals surface area (Å²) in [4.78, 5) is 10.7. The molecule has 1 fully saturated rings. The van der Waals surface area contributed by atoms with Crippen molar-refractivity contribution in [1.82, 2.24) is 5.32 Å². The molecule has 2 atom stereocenters. The van der Waals surface area contributed by atoms with Crippen LogP contribution in [0.25, 0.3) is 0 Å². The summed E-state index contributed by atoms with van der Waals surface area (Å²) in [7, 11) is 0. The number of hydrogen-bond donors (Lipinski definition) is 2. The molecule has 13 heavy (non-hydrogen) atoms. The average Bonchev–Trinajstić information content (AvgIpc) is 2.75. The molecule has 70 valence electrons. The van der Waals surface area contributed by atoms with Gasteiger partial charge in [0.1, 0.15) is 6.04 Å². The predicted molar refractivity (Wildman–Crippen MR) is 50.9 cm³/mol. The summed E-state index contributed by atoms with van der Waals surface area (Å²) in [6.07, 6.45) is 1.66. The van der Waals surface area contributed by atoms with E-state index in [0.717, 1.165) is 12.8 Å². The Kier molecular flexibility index (Phi) is 2.33. The maximum absolute atomic E-state index is 10.7. The summed E-state index contributed by atoms with van der Waals surface area (Å²) < 4.78 is 0. The second kappa shape index (κ2) is 3.47. The van der Waals surface area contributed by atoms with Gasteiger partial charge in [0.25, 0.3) is 0 Å². The van der Waals surface area contributed by atoms with Crippen molar-refractivity contribution in [1.29, 1.82) is 0 Å². The molecular weight excluding hydrogens is 186 g/mol. The largest absolute Gasteiger partial charge is 0.480 e. The Labute approximate surface area is 80.4 Å². The lowest BCUT2D eigenvalue weighted by Gasteiger charge is -2.09. The van der Waals surface area contributed by atoms with Crippen molar-refractivity contribution in [2.75, 3.05) is 0 Å². The van der Waals surface area contributed by atoms with Crippen molar-refractivity contribution in [3.63, 3.8) is 0 Å². The Morgan fingerprint density at radius 3 is 3.00 bits per heavy atom. The van der Waals surface area contributed by atoms with E-state index in [2.05, 4.69) is 10.7 Å². The first-order valence-corrected chi connectivity index (χ1v) is 5.22.